The first-order chi connectivity index (χ1) is 8.41. The number of rotatable bonds is 4. The van der Waals surface area contributed by atoms with Crippen LogP contribution in [0, 0.1) is 0 Å². The molecule has 102 valence electrons. The van der Waals surface area contributed by atoms with Gasteiger partial charge in [-0.2, -0.15) is 0 Å². The highest BCUT2D eigenvalue weighted by Crippen LogP contribution is 2.17. The summed E-state index contributed by atoms with van der Waals surface area (Å²) in [5, 5.41) is 20.6. The van der Waals surface area contributed by atoms with E-state index in [0.717, 1.165) is 4.90 Å². The van der Waals surface area contributed by atoms with Crippen molar-refractivity contribution in [1.29, 1.82) is 0 Å². The molecule has 1 aliphatic rings. The van der Waals surface area contributed by atoms with Crippen molar-refractivity contribution in [1.82, 2.24) is 10.2 Å². The predicted octanol–water partition coefficient (Wildman–Crippen LogP) is -1.69. The van der Waals surface area contributed by atoms with E-state index < -0.39 is 30.2 Å². The van der Waals surface area contributed by atoms with Crippen molar-refractivity contribution in [3.05, 3.63) is 0 Å². The maximum absolute atomic E-state index is 11.6. The number of aliphatic hydroxyl groups is 1. The molecule has 0 aromatic rings. The van der Waals surface area contributed by atoms with Crippen LogP contribution in [0.25, 0.3) is 0 Å². The summed E-state index contributed by atoms with van der Waals surface area (Å²) in [5.41, 5.74) is 4.72. The summed E-state index contributed by atoms with van der Waals surface area (Å²) in [7, 11) is 0. The van der Waals surface area contributed by atoms with Gasteiger partial charge in [-0.25, -0.2) is 14.4 Å². The third kappa shape index (κ3) is 3.77. The second-order valence-corrected chi connectivity index (χ2v) is 3.80. The van der Waals surface area contributed by atoms with Gasteiger partial charge in [-0.05, 0) is 0 Å². The molecule has 5 N–H and O–H groups in total. The molecule has 0 aliphatic carbocycles. The van der Waals surface area contributed by atoms with E-state index in [9.17, 15) is 19.5 Å². The molecule has 3 amide bonds. The first kappa shape index (κ1) is 14.0. The van der Waals surface area contributed by atoms with Gasteiger partial charge in [0.2, 0.25) is 0 Å². The number of carbonyl (C=O) groups excluding carboxylic acids is 2. The third-order valence-corrected chi connectivity index (χ3v) is 2.45. The Hall–Kier alpha value is -2.03. The molecular formula is C9H15N3O6. The number of hydrogen-bond acceptors (Lipinski definition) is 5. The van der Waals surface area contributed by atoms with Gasteiger partial charge in [-0.1, -0.05) is 0 Å². The Bertz CT molecular complexity index is 347. The Balaban J connectivity index is 2.40. The van der Waals surface area contributed by atoms with Gasteiger partial charge in [-0.15, -0.1) is 0 Å². The van der Waals surface area contributed by atoms with E-state index in [1.165, 1.54) is 0 Å². The Morgan fingerprint density at radius 2 is 2.11 bits per heavy atom. The molecule has 1 rings (SSSR count). The first-order valence-corrected chi connectivity index (χ1v) is 5.29. The number of likely N-dealkylation sites (tertiary alicyclic amines) is 1. The van der Waals surface area contributed by atoms with E-state index >= 15 is 0 Å². The fraction of sp³-hybridized carbons (Fsp3) is 0.667. The largest absolute Gasteiger partial charge is 0.480 e. The highest BCUT2D eigenvalue weighted by molar-refractivity contribution is 5.83. The Kier molecular flexibility index (Phi) is 4.72. The van der Waals surface area contributed by atoms with E-state index in [1.807, 2.05) is 0 Å². The second kappa shape index (κ2) is 6.05. The number of ether oxygens (including phenoxy) is 1. The molecule has 0 radical (unpaired) electrons. The molecule has 0 aromatic heterocycles. The molecule has 0 spiro atoms. The molecule has 2 atom stereocenters. The molecule has 1 heterocycles. The summed E-state index contributed by atoms with van der Waals surface area (Å²) in [6.07, 6.45) is -1.80. The molecule has 0 aromatic carbocycles. The van der Waals surface area contributed by atoms with Gasteiger partial charge in [-0.3, -0.25) is 0 Å². The van der Waals surface area contributed by atoms with Crippen molar-refractivity contribution >= 4 is 18.1 Å². The number of carboxylic acid groups (broad SMARTS) is 1. The lowest BCUT2D eigenvalue weighted by atomic mass is 10.2. The van der Waals surface area contributed by atoms with Crippen LogP contribution < -0.4 is 11.1 Å². The number of amides is 3. The van der Waals surface area contributed by atoms with Gasteiger partial charge in [0.1, 0.15) is 12.6 Å². The van der Waals surface area contributed by atoms with Gasteiger partial charge in [0, 0.05) is 13.0 Å². The fourth-order valence-electron chi connectivity index (χ4n) is 1.68. The average Bonchev–Trinajstić information content (AvgIpc) is 2.66. The molecule has 0 saturated carbocycles. The van der Waals surface area contributed by atoms with E-state index in [2.05, 4.69) is 10.1 Å². The van der Waals surface area contributed by atoms with Crippen molar-refractivity contribution in [3.8, 4) is 0 Å². The van der Waals surface area contributed by atoms with Gasteiger partial charge in [0.15, 0.2) is 0 Å². The maximum atomic E-state index is 11.6. The number of nitrogens with two attached hydrogens (primary N) is 1. The summed E-state index contributed by atoms with van der Waals surface area (Å²) in [5.74, 6) is -1.17. The number of carboxylic acids is 1. The standard InChI is InChI=1S/C9H15N3O6/c10-8(16)18-2-1-11-9(17)12-4-5(13)3-6(12)7(14)15/h5-6,13H,1-4H2,(H2,10,16)(H,11,17)(H,14,15)/t5-,6-/m0/s1. The molecule has 0 bridgehead atoms. The topological polar surface area (TPSA) is 142 Å². The molecule has 1 saturated heterocycles. The van der Waals surface area contributed by atoms with Crippen LogP contribution in [0.3, 0.4) is 0 Å². The number of nitrogens with zero attached hydrogens (tertiary/aromatic N) is 1. The molecule has 1 aliphatic heterocycles. The molecule has 18 heavy (non-hydrogen) atoms. The van der Waals surface area contributed by atoms with Gasteiger partial charge < -0.3 is 30.9 Å². The zero-order valence-electron chi connectivity index (χ0n) is 9.54. The van der Waals surface area contributed by atoms with Crippen LogP contribution in [-0.2, 0) is 9.53 Å². The number of hydrogen-bond donors (Lipinski definition) is 4. The van der Waals surface area contributed by atoms with E-state index in [1.54, 1.807) is 0 Å². The van der Waals surface area contributed by atoms with Crippen LogP contribution in [0.5, 0.6) is 0 Å². The minimum Gasteiger partial charge on any atom is -0.480 e. The summed E-state index contributed by atoms with van der Waals surface area (Å²) in [4.78, 5) is 33.8. The smallest absolute Gasteiger partial charge is 0.404 e. The molecule has 0 unspecified atom stereocenters. The monoisotopic (exact) mass is 261 g/mol. The van der Waals surface area contributed by atoms with E-state index in [4.69, 9.17) is 10.8 Å². The number of carbonyl (C=O) groups is 3. The Morgan fingerprint density at radius 1 is 1.44 bits per heavy atom. The quantitative estimate of drug-likeness (QED) is 0.445. The highest BCUT2D eigenvalue weighted by Gasteiger charge is 2.38. The Morgan fingerprint density at radius 3 is 2.67 bits per heavy atom. The van der Waals surface area contributed by atoms with Crippen LogP contribution in [0.15, 0.2) is 0 Å². The van der Waals surface area contributed by atoms with Crippen molar-refractivity contribution in [2.24, 2.45) is 5.73 Å². The van der Waals surface area contributed by atoms with Crippen molar-refractivity contribution in [2.45, 2.75) is 18.6 Å². The van der Waals surface area contributed by atoms with E-state index in [0.29, 0.717) is 0 Å². The van der Waals surface area contributed by atoms with Crippen LogP contribution in [-0.4, -0.2) is 65.0 Å². The molecular weight excluding hydrogens is 246 g/mol. The van der Waals surface area contributed by atoms with Gasteiger partial charge in [0.25, 0.3) is 0 Å². The zero-order valence-corrected chi connectivity index (χ0v) is 9.54. The number of primary amides is 1. The van der Waals surface area contributed by atoms with Crippen molar-refractivity contribution < 1.29 is 29.3 Å². The van der Waals surface area contributed by atoms with Crippen molar-refractivity contribution in [2.75, 3.05) is 19.7 Å². The third-order valence-electron chi connectivity index (χ3n) is 2.45. The average molecular weight is 261 g/mol. The second-order valence-electron chi connectivity index (χ2n) is 3.80. The lowest BCUT2D eigenvalue weighted by molar-refractivity contribution is -0.141. The van der Waals surface area contributed by atoms with Crippen LogP contribution >= 0.6 is 0 Å². The minimum absolute atomic E-state index is 0.000535. The Labute approximate surface area is 102 Å². The normalized spacial score (nSPS) is 22.6. The molecule has 9 heteroatoms. The summed E-state index contributed by atoms with van der Waals surface area (Å²) >= 11 is 0. The molecule has 1 fully saturated rings. The lowest BCUT2D eigenvalue weighted by Gasteiger charge is -2.21. The van der Waals surface area contributed by atoms with Gasteiger partial charge >= 0.3 is 18.1 Å². The lowest BCUT2D eigenvalue weighted by Crippen LogP contribution is -2.47. The number of aliphatic hydroxyl groups excluding tert-OH is 1. The van der Waals surface area contributed by atoms with Gasteiger partial charge in [0.05, 0.1) is 12.6 Å². The summed E-state index contributed by atoms with van der Waals surface area (Å²) in [6.45, 7) is -0.130. The van der Waals surface area contributed by atoms with Crippen LogP contribution in [0.4, 0.5) is 9.59 Å². The highest BCUT2D eigenvalue weighted by atomic mass is 16.5. The van der Waals surface area contributed by atoms with Crippen LogP contribution in [0.1, 0.15) is 6.42 Å². The number of nitrogens with one attached hydrogen (secondary N) is 1. The SMILES string of the molecule is NC(=O)OCCNC(=O)N1C[C@@H](O)C[C@H]1C(=O)O. The zero-order chi connectivity index (χ0) is 13.7. The minimum atomic E-state index is -1.17. The predicted molar refractivity (Wildman–Crippen MR) is 57.7 cm³/mol. The number of aliphatic carboxylic acids is 1. The fourth-order valence-corrected chi connectivity index (χ4v) is 1.68. The van der Waals surface area contributed by atoms with E-state index in [-0.39, 0.29) is 26.1 Å². The number of urea groups is 1. The summed E-state index contributed by atoms with van der Waals surface area (Å²) < 4.78 is 4.39. The van der Waals surface area contributed by atoms with Crippen molar-refractivity contribution in [3.63, 3.8) is 0 Å². The number of β-amino-alcohol motifs (C(OH)–C–C–N with tert-alkyl or cyclic N) is 1. The maximum Gasteiger partial charge on any atom is 0.404 e. The molecule has 9 nitrogen and oxygen atoms in total. The summed E-state index contributed by atoms with van der Waals surface area (Å²) in [6, 6.07) is -1.68. The van der Waals surface area contributed by atoms with Crippen LogP contribution in [0.2, 0.25) is 0 Å². The first-order valence-electron chi connectivity index (χ1n) is 5.29.